The van der Waals surface area contributed by atoms with Gasteiger partial charge >= 0.3 is 0 Å². The first-order valence-corrected chi connectivity index (χ1v) is 14.3. The third-order valence-corrected chi connectivity index (χ3v) is 9.37. The van der Waals surface area contributed by atoms with Gasteiger partial charge in [-0.05, 0) is 88.4 Å². The van der Waals surface area contributed by atoms with E-state index in [1.807, 2.05) is 6.92 Å². The number of hydrogen-bond donors (Lipinski definition) is 1. The van der Waals surface area contributed by atoms with Crippen molar-refractivity contribution in [2.24, 2.45) is 5.92 Å². The number of sulfone groups is 1. The first kappa shape index (κ1) is 25.2. The van der Waals surface area contributed by atoms with E-state index in [0.717, 1.165) is 44.3 Å². The molecule has 1 saturated heterocycles. The van der Waals surface area contributed by atoms with E-state index in [4.69, 9.17) is 4.74 Å². The molecular formula is C27H40N2O4S. The van der Waals surface area contributed by atoms with E-state index in [1.54, 1.807) is 12.1 Å². The van der Waals surface area contributed by atoms with Crippen molar-refractivity contribution in [3.8, 4) is 5.75 Å². The van der Waals surface area contributed by atoms with E-state index in [1.165, 1.54) is 31.3 Å². The minimum absolute atomic E-state index is 0. The molecule has 2 atom stereocenters. The molecule has 0 radical (unpaired) electrons. The van der Waals surface area contributed by atoms with Crippen LogP contribution in [0, 0.1) is 5.92 Å². The number of hydrogen-bond acceptors (Lipinski definition) is 5. The van der Waals surface area contributed by atoms with Crippen molar-refractivity contribution < 1.29 is 17.9 Å². The van der Waals surface area contributed by atoms with E-state index in [2.05, 4.69) is 16.3 Å². The van der Waals surface area contributed by atoms with Gasteiger partial charge in [0.2, 0.25) is 0 Å². The van der Waals surface area contributed by atoms with Crippen LogP contribution in [-0.4, -0.2) is 56.8 Å². The number of allylic oxidation sites excluding steroid dienone is 1. The van der Waals surface area contributed by atoms with Crippen LogP contribution in [0.15, 0.2) is 28.7 Å². The van der Waals surface area contributed by atoms with Crippen LogP contribution >= 0.6 is 0 Å². The predicted molar refractivity (Wildman–Crippen MR) is 135 cm³/mol. The molecule has 1 N–H and O–H groups in total. The summed E-state index contributed by atoms with van der Waals surface area (Å²) in [6.07, 6.45) is 12.1. The maximum absolute atomic E-state index is 13.3. The second kappa shape index (κ2) is 10.4. The van der Waals surface area contributed by atoms with Crippen molar-refractivity contribution in [2.45, 2.75) is 89.2 Å². The normalized spacial score (nSPS) is 24.7. The van der Waals surface area contributed by atoms with Crippen molar-refractivity contribution >= 4 is 15.7 Å². The van der Waals surface area contributed by atoms with Crippen molar-refractivity contribution in [1.29, 1.82) is 0 Å². The van der Waals surface area contributed by atoms with Crippen LogP contribution < -0.4 is 10.1 Å². The molecule has 2 fully saturated rings. The molecule has 2 aliphatic heterocycles. The van der Waals surface area contributed by atoms with Crippen LogP contribution in [0.1, 0.15) is 81.6 Å². The zero-order valence-corrected chi connectivity index (χ0v) is 20.5. The highest BCUT2D eigenvalue weighted by molar-refractivity contribution is 7.91. The van der Waals surface area contributed by atoms with Gasteiger partial charge in [0.15, 0.2) is 9.84 Å². The molecule has 7 heteroatoms. The van der Waals surface area contributed by atoms with E-state index >= 15 is 0 Å². The maximum Gasteiger partial charge on any atom is 0.255 e. The molecule has 4 aliphatic rings. The monoisotopic (exact) mass is 488 g/mol. The highest BCUT2D eigenvalue weighted by Crippen LogP contribution is 2.37. The van der Waals surface area contributed by atoms with Crippen LogP contribution in [0.25, 0.3) is 0 Å². The summed E-state index contributed by atoms with van der Waals surface area (Å²) in [5.74, 6) is 0.771. The fourth-order valence-electron chi connectivity index (χ4n) is 5.49. The zero-order valence-electron chi connectivity index (χ0n) is 19.6. The highest BCUT2D eigenvalue weighted by atomic mass is 32.2. The van der Waals surface area contributed by atoms with Crippen LogP contribution in [-0.2, 0) is 16.3 Å². The largest absolute Gasteiger partial charge is 0.489 e. The quantitative estimate of drug-likeness (QED) is 0.545. The van der Waals surface area contributed by atoms with Gasteiger partial charge in [0.05, 0.1) is 16.2 Å². The number of carbonyl (C=O) groups is 1. The molecule has 0 aromatic heterocycles. The number of rotatable bonds is 8. The van der Waals surface area contributed by atoms with Crippen molar-refractivity contribution in [1.82, 2.24) is 10.2 Å². The number of carbonyl (C=O) groups excluding carboxylic acids is 1. The van der Waals surface area contributed by atoms with Gasteiger partial charge in [0.1, 0.15) is 11.9 Å². The van der Waals surface area contributed by atoms with Crippen LogP contribution in [0.2, 0.25) is 0 Å². The Morgan fingerprint density at radius 3 is 2.74 bits per heavy atom. The van der Waals surface area contributed by atoms with E-state index in [0.29, 0.717) is 30.3 Å². The Hall–Kier alpha value is -1.86. The second-order valence-corrected chi connectivity index (χ2v) is 12.4. The molecule has 1 saturated carbocycles. The lowest BCUT2D eigenvalue weighted by Crippen LogP contribution is -2.41. The fraction of sp³-hybridized carbons (Fsp3) is 0.667. The molecule has 1 aromatic rings. The van der Waals surface area contributed by atoms with Gasteiger partial charge in [0.25, 0.3) is 5.91 Å². The molecule has 1 amide bonds. The van der Waals surface area contributed by atoms with Gasteiger partial charge in [-0.1, -0.05) is 19.1 Å². The van der Waals surface area contributed by atoms with Crippen LogP contribution in [0.4, 0.5) is 0 Å². The van der Waals surface area contributed by atoms with Crippen LogP contribution in [0.5, 0.6) is 5.75 Å². The van der Waals surface area contributed by atoms with Crippen molar-refractivity contribution in [2.75, 3.05) is 25.4 Å². The summed E-state index contributed by atoms with van der Waals surface area (Å²) in [4.78, 5) is 16.0. The van der Waals surface area contributed by atoms with Gasteiger partial charge in [0, 0.05) is 25.6 Å². The maximum atomic E-state index is 13.3. The van der Waals surface area contributed by atoms with Crippen molar-refractivity contribution in [3.63, 3.8) is 0 Å². The summed E-state index contributed by atoms with van der Waals surface area (Å²) in [6.45, 7) is 4.61. The standard InChI is InChI=1S/C26H36N2O4S.CH4/c1-18-12-21-13-23(33(30,31)17-20-9-10-20)14-24(25(21)32-18)26(29)27-15-22-8-5-11-28(22)16-19-6-3-2-4-7-19;/h6,13-14,18,20,22H,2-5,7-12,15-17H2,1H3,(H,27,29);1H4. The molecule has 0 spiro atoms. The summed E-state index contributed by atoms with van der Waals surface area (Å²) < 4.78 is 31.8. The van der Waals surface area contributed by atoms with Crippen LogP contribution in [0.3, 0.4) is 0 Å². The molecule has 34 heavy (non-hydrogen) atoms. The Labute approximate surface area is 205 Å². The summed E-state index contributed by atoms with van der Waals surface area (Å²) >= 11 is 0. The lowest BCUT2D eigenvalue weighted by molar-refractivity contribution is 0.0937. The van der Waals surface area contributed by atoms with Crippen molar-refractivity contribution in [3.05, 3.63) is 34.9 Å². The van der Waals surface area contributed by atoms with Gasteiger partial charge in [-0.15, -0.1) is 0 Å². The Balaban J connectivity index is 0.00000274. The number of nitrogens with zero attached hydrogens (tertiary/aromatic N) is 1. The Morgan fingerprint density at radius 1 is 1.18 bits per heavy atom. The summed E-state index contributed by atoms with van der Waals surface area (Å²) in [6, 6.07) is 3.60. The zero-order chi connectivity index (χ0) is 23.0. The lowest BCUT2D eigenvalue weighted by Gasteiger charge is -2.27. The third-order valence-electron chi connectivity index (χ3n) is 7.51. The number of fused-ring (bicyclic) bond motifs is 1. The van der Waals surface area contributed by atoms with E-state index < -0.39 is 9.84 Å². The average molecular weight is 489 g/mol. The molecule has 188 valence electrons. The molecule has 5 rings (SSSR count). The second-order valence-electron chi connectivity index (χ2n) is 10.4. The number of nitrogens with one attached hydrogen (secondary N) is 1. The average Bonchev–Trinajstić information content (AvgIpc) is 3.34. The summed E-state index contributed by atoms with van der Waals surface area (Å²) in [5.41, 5.74) is 2.73. The highest BCUT2D eigenvalue weighted by Gasteiger charge is 2.33. The lowest BCUT2D eigenvalue weighted by atomic mass is 9.99. The molecule has 0 bridgehead atoms. The smallest absolute Gasteiger partial charge is 0.255 e. The molecule has 2 heterocycles. The summed E-state index contributed by atoms with van der Waals surface area (Å²) in [5, 5.41) is 3.11. The molecule has 6 nitrogen and oxygen atoms in total. The molecular weight excluding hydrogens is 448 g/mol. The fourth-order valence-corrected chi connectivity index (χ4v) is 7.26. The summed E-state index contributed by atoms with van der Waals surface area (Å²) in [7, 11) is -3.40. The predicted octanol–water partition coefficient (Wildman–Crippen LogP) is 4.52. The SMILES string of the molecule is C.CC1Cc2cc(S(=O)(=O)CC3CC3)cc(C(=O)NCC3CCCN3CC3=CCCCC3)c2O1. The van der Waals surface area contributed by atoms with Gasteiger partial charge in [-0.2, -0.15) is 0 Å². The third kappa shape index (κ3) is 5.68. The van der Waals surface area contributed by atoms with E-state index in [9.17, 15) is 13.2 Å². The molecule has 2 unspecified atom stereocenters. The van der Waals surface area contributed by atoms with E-state index in [-0.39, 0.29) is 36.0 Å². The number of likely N-dealkylation sites (tertiary alicyclic amines) is 1. The molecule has 1 aromatic carbocycles. The van der Waals surface area contributed by atoms with Gasteiger partial charge in [-0.25, -0.2) is 8.42 Å². The number of benzene rings is 1. The van der Waals surface area contributed by atoms with Gasteiger partial charge < -0.3 is 10.1 Å². The Bertz CT molecular complexity index is 1040. The first-order chi connectivity index (χ1) is 15.9. The topological polar surface area (TPSA) is 75.7 Å². The minimum atomic E-state index is -3.40. The number of ether oxygens (including phenoxy) is 1. The van der Waals surface area contributed by atoms with Gasteiger partial charge in [-0.3, -0.25) is 9.69 Å². The Morgan fingerprint density at radius 2 is 2.00 bits per heavy atom. The molecule has 2 aliphatic carbocycles. The number of amides is 1. The minimum Gasteiger partial charge on any atom is -0.489 e. The first-order valence-electron chi connectivity index (χ1n) is 12.7. The Kier molecular flexibility index (Phi) is 7.72.